The molecule has 1 N–H and O–H groups in total. The van der Waals surface area contributed by atoms with E-state index < -0.39 is 0 Å². The molecule has 0 fully saturated rings. The number of carbonyl (C=O) groups is 1. The van der Waals surface area contributed by atoms with Crippen LogP contribution in [0.2, 0.25) is 0 Å². The van der Waals surface area contributed by atoms with Crippen LogP contribution < -0.4 is 5.32 Å². The van der Waals surface area contributed by atoms with Gasteiger partial charge in [0.1, 0.15) is 0 Å². The number of thiophene rings is 1. The van der Waals surface area contributed by atoms with E-state index in [0.29, 0.717) is 6.54 Å². The molecule has 0 aliphatic heterocycles. The predicted octanol–water partition coefficient (Wildman–Crippen LogP) is 2.47. The molecule has 1 heterocycles. The second-order valence-electron chi connectivity index (χ2n) is 3.57. The van der Waals surface area contributed by atoms with Crippen LogP contribution in [0.4, 0.5) is 0 Å². The molecule has 16 heavy (non-hydrogen) atoms. The van der Waals surface area contributed by atoms with E-state index in [1.54, 1.807) is 18.4 Å². The van der Waals surface area contributed by atoms with Gasteiger partial charge in [-0.2, -0.15) is 0 Å². The van der Waals surface area contributed by atoms with Crippen LogP contribution >= 0.6 is 27.3 Å². The van der Waals surface area contributed by atoms with Gasteiger partial charge in [-0.3, -0.25) is 4.79 Å². The van der Waals surface area contributed by atoms with Gasteiger partial charge in [0.15, 0.2) is 0 Å². The number of hydrogen-bond acceptors (Lipinski definition) is 3. The molecule has 0 aliphatic carbocycles. The van der Waals surface area contributed by atoms with E-state index in [0.717, 1.165) is 10.3 Å². The number of amides is 1. The first kappa shape index (κ1) is 13.7. The van der Waals surface area contributed by atoms with Crippen LogP contribution in [0.1, 0.15) is 18.7 Å². The van der Waals surface area contributed by atoms with Gasteiger partial charge in [0, 0.05) is 11.4 Å². The SMILES string of the molecule is CCN(Cc1ccc(Br)s1)C(=O)C(C)NC. The summed E-state index contributed by atoms with van der Waals surface area (Å²) < 4.78 is 1.10. The van der Waals surface area contributed by atoms with E-state index in [2.05, 4.69) is 27.3 Å². The van der Waals surface area contributed by atoms with Gasteiger partial charge in [-0.15, -0.1) is 11.3 Å². The van der Waals surface area contributed by atoms with Crippen molar-refractivity contribution < 1.29 is 4.79 Å². The van der Waals surface area contributed by atoms with Crippen LogP contribution in [0.5, 0.6) is 0 Å². The summed E-state index contributed by atoms with van der Waals surface area (Å²) in [5, 5.41) is 2.97. The second-order valence-corrected chi connectivity index (χ2v) is 6.12. The molecule has 1 atom stereocenters. The van der Waals surface area contributed by atoms with Gasteiger partial charge < -0.3 is 10.2 Å². The number of nitrogens with one attached hydrogen (secondary N) is 1. The van der Waals surface area contributed by atoms with E-state index in [9.17, 15) is 4.79 Å². The molecule has 0 saturated carbocycles. The van der Waals surface area contributed by atoms with Gasteiger partial charge in [-0.1, -0.05) is 0 Å². The zero-order chi connectivity index (χ0) is 12.1. The van der Waals surface area contributed by atoms with Crippen molar-refractivity contribution in [3.05, 3.63) is 20.8 Å². The monoisotopic (exact) mass is 304 g/mol. The van der Waals surface area contributed by atoms with Crippen molar-refractivity contribution in [2.75, 3.05) is 13.6 Å². The number of halogens is 1. The van der Waals surface area contributed by atoms with Crippen molar-refractivity contribution in [2.45, 2.75) is 26.4 Å². The first-order chi connectivity index (χ1) is 7.58. The molecule has 0 bridgehead atoms. The highest BCUT2D eigenvalue weighted by Gasteiger charge is 2.18. The van der Waals surface area contributed by atoms with Crippen molar-refractivity contribution >= 4 is 33.2 Å². The molecule has 0 aromatic carbocycles. The summed E-state index contributed by atoms with van der Waals surface area (Å²) in [5.74, 6) is 0.148. The standard InChI is InChI=1S/C11H17BrN2OS/c1-4-14(11(15)8(2)13-3)7-9-5-6-10(12)16-9/h5-6,8,13H,4,7H2,1-3H3. The Bertz CT molecular complexity index is 354. The average molecular weight is 305 g/mol. The summed E-state index contributed by atoms with van der Waals surface area (Å²) in [7, 11) is 1.80. The Hall–Kier alpha value is -0.390. The molecule has 1 amide bonds. The van der Waals surface area contributed by atoms with E-state index >= 15 is 0 Å². The van der Waals surface area contributed by atoms with Crippen LogP contribution in [0.3, 0.4) is 0 Å². The highest BCUT2D eigenvalue weighted by atomic mass is 79.9. The first-order valence-corrected chi connectivity index (χ1v) is 6.89. The summed E-state index contributed by atoms with van der Waals surface area (Å²) in [6, 6.07) is 3.94. The molecule has 0 radical (unpaired) electrons. The molecule has 1 aromatic rings. The largest absolute Gasteiger partial charge is 0.336 e. The third-order valence-corrected chi connectivity index (χ3v) is 4.08. The molecular formula is C11H17BrN2OS. The maximum Gasteiger partial charge on any atom is 0.239 e. The topological polar surface area (TPSA) is 32.3 Å². The lowest BCUT2D eigenvalue weighted by Gasteiger charge is -2.23. The van der Waals surface area contributed by atoms with Gasteiger partial charge in [0.05, 0.1) is 16.4 Å². The number of rotatable bonds is 5. The maximum atomic E-state index is 12.0. The quantitative estimate of drug-likeness (QED) is 0.906. The Balaban J connectivity index is 2.65. The molecule has 1 rings (SSSR count). The van der Waals surface area contributed by atoms with Crippen molar-refractivity contribution in [1.82, 2.24) is 10.2 Å². The lowest BCUT2D eigenvalue weighted by Crippen LogP contribution is -2.43. The van der Waals surface area contributed by atoms with Gasteiger partial charge in [-0.05, 0) is 49.0 Å². The normalized spacial score (nSPS) is 12.5. The summed E-state index contributed by atoms with van der Waals surface area (Å²) in [6.45, 7) is 5.32. The molecule has 0 saturated heterocycles. The van der Waals surface area contributed by atoms with Crippen molar-refractivity contribution in [3.63, 3.8) is 0 Å². The van der Waals surface area contributed by atoms with E-state index in [4.69, 9.17) is 0 Å². The van der Waals surface area contributed by atoms with Gasteiger partial charge >= 0.3 is 0 Å². The molecule has 90 valence electrons. The van der Waals surface area contributed by atoms with E-state index in [1.807, 2.05) is 24.8 Å². The van der Waals surface area contributed by atoms with E-state index in [-0.39, 0.29) is 11.9 Å². The Morgan fingerprint density at radius 1 is 1.62 bits per heavy atom. The summed E-state index contributed by atoms with van der Waals surface area (Å²) in [5.41, 5.74) is 0. The second kappa shape index (κ2) is 6.37. The van der Waals surface area contributed by atoms with Crippen molar-refractivity contribution in [1.29, 1.82) is 0 Å². The fourth-order valence-corrected chi connectivity index (χ4v) is 2.87. The zero-order valence-electron chi connectivity index (χ0n) is 9.79. The molecular weight excluding hydrogens is 288 g/mol. The predicted molar refractivity (Wildman–Crippen MR) is 71.6 cm³/mol. The van der Waals surface area contributed by atoms with Crippen LogP contribution in [0.15, 0.2) is 15.9 Å². The van der Waals surface area contributed by atoms with Crippen LogP contribution in [-0.4, -0.2) is 30.4 Å². The highest BCUT2D eigenvalue weighted by molar-refractivity contribution is 9.11. The van der Waals surface area contributed by atoms with E-state index in [1.165, 1.54) is 4.88 Å². The smallest absolute Gasteiger partial charge is 0.239 e. The summed E-state index contributed by atoms with van der Waals surface area (Å²) >= 11 is 5.10. The maximum absolute atomic E-state index is 12.0. The average Bonchev–Trinajstić information content (AvgIpc) is 2.69. The van der Waals surface area contributed by atoms with Crippen molar-refractivity contribution in [3.8, 4) is 0 Å². The molecule has 0 spiro atoms. The molecule has 0 aliphatic rings. The van der Waals surface area contributed by atoms with Gasteiger partial charge in [0.2, 0.25) is 5.91 Å². The summed E-state index contributed by atoms with van der Waals surface area (Å²) in [6.07, 6.45) is 0. The minimum atomic E-state index is -0.122. The van der Waals surface area contributed by atoms with Crippen molar-refractivity contribution in [2.24, 2.45) is 0 Å². The first-order valence-electron chi connectivity index (χ1n) is 5.28. The van der Waals surface area contributed by atoms with Crippen LogP contribution in [0, 0.1) is 0 Å². The fourth-order valence-electron chi connectivity index (χ4n) is 1.37. The third kappa shape index (κ3) is 3.57. The van der Waals surface area contributed by atoms with Crippen LogP contribution in [-0.2, 0) is 11.3 Å². The Morgan fingerprint density at radius 2 is 2.31 bits per heavy atom. The molecule has 1 unspecified atom stereocenters. The number of likely N-dealkylation sites (N-methyl/N-ethyl adjacent to an activating group) is 2. The Kier molecular flexibility index (Phi) is 5.44. The minimum Gasteiger partial charge on any atom is -0.336 e. The minimum absolute atomic E-state index is 0.122. The number of carbonyl (C=O) groups excluding carboxylic acids is 1. The number of nitrogens with zero attached hydrogens (tertiary/aromatic N) is 1. The van der Waals surface area contributed by atoms with Gasteiger partial charge in [-0.25, -0.2) is 0 Å². The fraction of sp³-hybridized carbons (Fsp3) is 0.545. The zero-order valence-corrected chi connectivity index (χ0v) is 12.2. The number of hydrogen-bond donors (Lipinski definition) is 1. The molecule has 5 heteroatoms. The third-order valence-electron chi connectivity index (χ3n) is 2.47. The summed E-state index contributed by atoms with van der Waals surface area (Å²) in [4.78, 5) is 15.0. The lowest BCUT2D eigenvalue weighted by atomic mass is 10.3. The Labute approximate surface area is 109 Å². The molecule has 1 aromatic heterocycles. The lowest BCUT2D eigenvalue weighted by molar-refractivity contribution is -0.133. The Morgan fingerprint density at radius 3 is 2.75 bits per heavy atom. The molecule has 3 nitrogen and oxygen atoms in total. The van der Waals surface area contributed by atoms with Crippen LogP contribution in [0.25, 0.3) is 0 Å². The van der Waals surface area contributed by atoms with Gasteiger partial charge in [0.25, 0.3) is 0 Å². The highest BCUT2D eigenvalue weighted by Crippen LogP contribution is 2.23.